The first-order valence-electron chi connectivity index (χ1n) is 6.72. The topological polar surface area (TPSA) is 87.7 Å². The lowest BCUT2D eigenvalue weighted by molar-refractivity contribution is -0.117. The highest BCUT2D eigenvalue weighted by Crippen LogP contribution is 2.29. The van der Waals surface area contributed by atoms with Gasteiger partial charge in [-0.15, -0.1) is 0 Å². The number of amides is 1. The van der Waals surface area contributed by atoms with Gasteiger partial charge >= 0.3 is 0 Å². The van der Waals surface area contributed by atoms with E-state index in [0.717, 1.165) is 4.47 Å². The first kappa shape index (κ1) is 17.5. The van der Waals surface area contributed by atoms with Crippen molar-refractivity contribution in [2.75, 3.05) is 5.32 Å². The number of anilines is 1. The second-order valence-corrected chi connectivity index (χ2v) is 7.11. The monoisotopic (exact) mass is 355 g/mol. The second-order valence-electron chi connectivity index (χ2n) is 6.19. The number of hydrogen-bond acceptors (Lipinski definition) is 3. The molecular weight excluding hydrogens is 334 g/mol. The average Bonchev–Trinajstić information content (AvgIpc) is 2.38. The van der Waals surface area contributed by atoms with E-state index in [4.69, 9.17) is 10.9 Å². The summed E-state index contributed by atoms with van der Waals surface area (Å²) in [5, 5.41) is 14.6. The largest absolute Gasteiger partial charge is 0.409 e. The Labute approximate surface area is 133 Å². The van der Waals surface area contributed by atoms with Crippen molar-refractivity contribution in [3.8, 4) is 0 Å². The summed E-state index contributed by atoms with van der Waals surface area (Å²) in [6.45, 7) is 8.36. The molecule has 0 aliphatic heterocycles. The molecule has 0 spiro atoms. The molecule has 0 radical (unpaired) electrons. The molecule has 1 atom stereocenters. The second kappa shape index (κ2) is 6.93. The van der Waals surface area contributed by atoms with Gasteiger partial charge in [-0.1, -0.05) is 48.8 Å². The predicted octanol–water partition coefficient (Wildman–Crippen LogP) is 3.55. The van der Waals surface area contributed by atoms with E-state index in [1.54, 1.807) is 18.2 Å². The van der Waals surface area contributed by atoms with Crippen molar-refractivity contribution in [1.82, 2.24) is 0 Å². The quantitative estimate of drug-likeness (QED) is 0.334. The molecule has 116 valence electrons. The minimum atomic E-state index is -0.0910. The lowest BCUT2D eigenvalue weighted by atomic mass is 9.80. The molecular formula is C15H22BrN3O2. The fourth-order valence-electron chi connectivity index (χ4n) is 1.68. The summed E-state index contributed by atoms with van der Waals surface area (Å²) in [4.78, 5) is 12.2. The normalized spacial score (nSPS) is 13.9. The molecule has 1 unspecified atom stereocenters. The zero-order valence-electron chi connectivity index (χ0n) is 12.8. The van der Waals surface area contributed by atoms with Crippen molar-refractivity contribution in [3.05, 3.63) is 28.2 Å². The van der Waals surface area contributed by atoms with E-state index in [1.807, 2.05) is 6.92 Å². The van der Waals surface area contributed by atoms with Crippen LogP contribution in [0.25, 0.3) is 0 Å². The molecule has 1 amide bonds. The highest BCUT2D eigenvalue weighted by Gasteiger charge is 2.23. The third-order valence-corrected chi connectivity index (χ3v) is 4.10. The van der Waals surface area contributed by atoms with Crippen LogP contribution in [-0.2, 0) is 4.79 Å². The highest BCUT2D eigenvalue weighted by atomic mass is 79.9. The van der Waals surface area contributed by atoms with Gasteiger partial charge in [-0.25, -0.2) is 0 Å². The Balaban J connectivity index is 2.91. The van der Waals surface area contributed by atoms with Crippen molar-refractivity contribution >= 4 is 33.4 Å². The van der Waals surface area contributed by atoms with Crippen molar-refractivity contribution in [1.29, 1.82) is 0 Å². The van der Waals surface area contributed by atoms with Crippen LogP contribution < -0.4 is 11.1 Å². The summed E-state index contributed by atoms with van der Waals surface area (Å²) < 4.78 is 0.783. The minimum Gasteiger partial charge on any atom is -0.409 e. The van der Waals surface area contributed by atoms with E-state index >= 15 is 0 Å². The standard InChI is InChI=1S/C15H22BrN3O2/c1-9(15(2,3)4)7-13(20)18-12-6-5-10(16)8-11(12)14(17)19-21/h5-6,8-9,21H,7H2,1-4H3,(H2,17,19)(H,18,20). The molecule has 0 fully saturated rings. The van der Waals surface area contributed by atoms with Gasteiger partial charge in [-0.3, -0.25) is 4.79 Å². The lowest BCUT2D eigenvalue weighted by Gasteiger charge is -2.26. The fourth-order valence-corrected chi connectivity index (χ4v) is 2.04. The summed E-state index contributed by atoms with van der Waals surface area (Å²) in [7, 11) is 0. The maximum atomic E-state index is 12.2. The summed E-state index contributed by atoms with van der Waals surface area (Å²) in [5.41, 5.74) is 6.70. The zero-order chi connectivity index (χ0) is 16.2. The van der Waals surface area contributed by atoms with Gasteiger partial charge < -0.3 is 16.3 Å². The van der Waals surface area contributed by atoms with Gasteiger partial charge in [0.25, 0.3) is 0 Å². The number of oxime groups is 1. The van der Waals surface area contributed by atoms with Crippen LogP contribution in [0.2, 0.25) is 0 Å². The Hall–Kier alpha value is -1.56. The van der Waals surface area contributed by atoms with Crippen LogP contribution in [0.5, 0.6) is 0 Å². The molecule has 1 aromatic carbocycles. The maximum absolute atomic E-state index is 12.2. The smallest absolute Gasteiger partial charge is 0.224 e. The van der Waals surface area contributed by atoms with Crippen LogP contribution in [0.3, 0.4) is 0 Å². The van der Waals surface area contributed by atoms with Crippen LogP contribution >= 0.6 is 15.9 Å². The summed E-state index contributed by atoms with van der Waals surface area (Å²) in [6, 6.07) is 5.20. The Morgan fingerprint density at radius 2 is 2.10 bits per heavy atom. The molecule has 1 rings (SSSR count). The van der Waals surface area contributed by atoms with Gasteiger partial charge in [0.15, 0.2) is 5.84 Å². The Morgan fingerprint density at radius 3 is 2.62 bits per heavy atom. The van der Waals surface area contributed by atoms with Crippen molar-refractivity contribution in [2.24, 2.45) is 22.2 Å². The van der Waals surface area contributed by atoms with Crippen LogP contribution in [0.1, 0.15) is 39.7 Å². The van der Waals surface area contributed by atoms with E-state index in [0.29, 0.717) is 17.7 Å². The minimum absolute atomic E-state index is 0.0459. The molecule has 6 heteroatoms. The van der Waals surface area contributed by atoms with Crippen LogP contribution in [0.4, 0.5) is 5.69 Å². The molecule has 0 saturated heterocycles. The molecule has 0 bridgehead atoms. The molecule has 0 aliphatic rings. The number of carbonyl (C=O) groups excluding carboxylic acids is 1. The number of nitrogens with zero attached hydrogens (tertiary/aromatic N) is 1. The van der Waals surface area contributed by atoms with Crippen LogP contribution in [-0.4, -0.2) is 17.0 Å². The number of nitrogens with two attached hydrogens (primary N) is 1. The van der Waals surface area contributed by atoms with E-state index < -0.39 is 0 Å². The molecule has 1 aromatic rings. The lowest BCUT2D eigenvalue weighted by Crippen LogP contribution is -2.25. The van der Waals surface area contributed by atoms with E-state index in [-0.39, 0.29) is 23.1 Å². The predicted molar refractivity (Wildman–Crippen MR) is 88.5 cm³/mol. The third-order valence-electron chi connectivity index (χ3n) is 3.61. The van der Waals surface area contributed by atoms with Gasteiger partial charge in [0, 0.05) is 16.5 Å². The van der Waals surface area contributed by atoms with Gasteiger partial charge in [0.2, 0.25) is 5.91 Å². The summed E-state index contributed by atoms with van der Waals surface area (Å²) in [5.74, 6) is 0.0995. The fraction of sp³-hybridized carbons (Fsp3) is 0.467. The van der Waals surface area contributed by atoms with Crippen molar-refractivity contribution in [2.45, 2.75) is 34.1 Å². The zero-order valence-corrected chi connectivity index (χ0v) is 14.4. The summed E-state index contributed by atoms with van der Waals surface area (Å²) in [6.07, 6.45) is 0.412. The number of amidine groups is 1. The van der Waals surface area contributed by atoms with E-state index in [1.165, 1.54) is 0 Å². The molecule has 0 aliphatic carbocycles. The molecule has 5 nitrogen and oxygen atoms in total. The maximum Gasteiger partial charge on any atom is 0.224 e. The number of rotatable bonds is 4. The number of benzene rings is 1. The molecule has 4 N–H and O–H groups in total. The Kier molecular flexibility index (Phi) is 5.78. The first-order valence-corrected chi connectivity index (χ1v) is 7.51. The Bertz CT molecular complexity index is 550. The third kappa shape index (κ3) is 5.04. The van der Waals surface area contributed by atoms with Crippen molar-refractivity contribution in [3.63, 3.8) is 0 Å². The van der Waals surface area contributed by atoms with Gasteiger partial charge in [0.1, 0.15) is 0 Å². The van der Waals surface area contributed by atoms with Gasteiger partial charge in [-0.2, -0.15) is 0 Å². The first-order chi connectivity index (χ1) is 9.65. The number of hydrogen-bond donors (Lipinski definition) is 3. The molecule has 0 aromatic heterocycles. The number of nitrogens with one attached hydrogen (secondary N) is 1. The number of halogens is 1. The Morgan fingerprint density at radius 1 is 1.48 bits per heavy atom. The molecule has 21 heavy (non-hydrogen) atoms. The highest BCUT2D eigenvalue weighted by molar-refractivity contribution is 9.10. The van der Waals surface area contributed by atoms with Crippen LogP contribution in [0, 0.1) is 11.3 Å². The van der Waals surface area contributed by atoms with Crippen LogP contribution in [0.15, 0.2) is 27.8 Å². The SMILES string of the molecule is CC(CC(=O)Nc1ccc(Br)cc1/C(N)=N/O)C(C)(C)C. The average molecular weight is 356 g/mol. The van der Waals surface area contributed by atoms with Crippen molar-refractivity contribution < 1.29 is 10.0 Å². The summed E-state index contributed by atoms with van der Waals surface area (Å²) >= 11 is 3.32. The number of carbonyl (C=O) groups is 1. The molecule has 0 saturated carbocycles. The molecule has 0 heterocycles. The van der Waals surface area contributed by atoms with E-state index in [2.05, 4.69) is 47.2 Å². The van der Waals surface area contributed by atoms with Gasteiger partial charge in [0.05, 0.1) is 5.69 Å². The van der Waals surface area contributed by atoms with E-state index in [9.17, 15) is 4.79 Å². The van der Waals surface area contributed by atoms with Gasteiger partial charge in [-0.05, 0) is 29.5 Å².